The van der Waals surface area contributed by atoms with Gasteiger partial charge in [-0.3, -0.25) is 9.59 Å². The fourth-order valence-electron chi connectivity index (χ4n) is 7.18. The third-order valence-corrected chi connectivity index (χ3v) is 8.27. The summed E-state index contributed by atoms with van der Waals surface area (Å²) in [6, 6.07) is 0. The molecule has 0 aromatic carbocycles. The Bertz CT molecular complexity index is 682. The van der Waals surface area contributed by atoms with Crippen LogP contribution in [0.3, 0.4) is 0 Å². The zero-order chi connectivity index (χ0) is 18.7. The second kappa shape index (κ2) is 6.10. The average molecular weight is 360 g/mol. The predicted molar refractivity (Wildman–Crippen MR) is 94.1 cm³/mol. The Hall–Kier alpha value is -1.33. The van der Waals surface area contributed by atoms with E-state index in [1.54, 1.807) is 6.08 Å². The van der Waals surface area contributed by atoms with Crippen molar-refractivity contribution in [1.29, 1.82) is 0 Å². The highest BCUT2D eigenvalue weighted by atomic mass is 16.3. The Morgan fingerprint density at radius 3 is 2.77 bits per heavy atom. The topological polar surface area (TPSA) is 91.7 Å². The summed E-state index contributed by atoms with van der Waals surface area (Å²) < 4.78 is 0. The summed E-state index contributed by atoms with van der Waals surface area (Å²) in [6.07, 6.45) is 6.75. The molecule has 0 heterocycles. The Labute approximate surface area is 153 Å². The highest BCUT2D eigenvalue weighted by molar-refractivity contribution is 5.91. The summed E-state index contributed by atoms with van der Waals surface area (Å²) >= 11 is 0. The zero-order valence-electron chi connectivity index (χ0n) is 15.3. The van der Waals surface area contributed by atoms with Crippen LogP contribution in [0, 0.1) is 34.5 Å². The molecular formula is C21H28O5. The molecule has 2 N–H and O–H groups in total. The number of fused-ring (bicyclic) bond motifs is 5. The van der Waals surface area contributed by atoms with Crippen LogP contribution in [-0.2, 0) is 14.4 Å². The van der Waals surface area contributed by atoms with Gasteiger partial charge in [0.05, 0.1) is 6.10 Å². The summed E-state index contributed by atoms with van der Waals surface area (Å²) in [7, 11) is 0. The van der Waals surface area contributed by atoms with E-state index >= 15 is 0 Å². The molecule has 0 bridgehead atoms. The SMILES string of the molecule is C[C@]12CCC(=O)C=C1CC[C@@H]1[C@@H]2[C@@H](O)C[C@@]2(C=O)[C@@H](C(=O)CO)CC[C@@H]12. The van der Waals surface area contributed by atoms with Crippen LogP contribution < -0.4 is 0 Å². The number of ketones is 2. The molecule has 142 valence electrons. The van der Waals surface area contributed by atoms with Crippen molar-refractivity contribution in [3.05, 3.63) is 11.6 Å². The maximum absolute atomic E-state index is 12.3. The Balaban J connectivity index is 1.74. The van der Waals surface area contributed by atoms with E-state index in [0.29, 0.717) is 19.3 Å². The summed E-state index contributed by atoms with van der Waals surface area (Å²) in [4.78, 5) is 36.4. The van der Waals surface area contributed by atoms with Gasteiger partial charge in [-0.1, -0.05) is 12.5 Å². The van der Waals surface area contributed by atoms with Gasteiger partial charge in [0.2, 0.25) is 0 Å². The molecular weight excluding hydrogens is 332 g/mol. The summed E-state index contributed by atoms with van der Waals surface area (Å²) in [5.74, 6) is -0.241. The Morgan fingerprint density at radius 2 is 2.08 bits per heavy atom. The van der Waals surface area contributed by atoms with E-state index in [4.69, 9.17) is 0 Å². The number of allylic oxidation sites excluding steroid dienone is 1. The number of rotatable bonds is 3. The van der Waals surface area contributed by atoms with Crippen LogP contribution in [0.4, 0.5) is 0 Å². The van der Waals surface area contributed by atoms with Gasteiger partial charge in [-0.15, -0.1) is 0 Å². The zero-order valence-corrected chi connectivity index (χ0v) is 15.3. The third kappa shape index (κ3) is 2.26. The number of aliphatic hydroxyl groups is 2. The lowest BCUT2D eigenvalue weighted by atomic mass is 9.45. The number of hydrogen-bond acceptors (Lipinski definition) is 5. The van der Waals surface area contributed by atoms with Crippen molar-refractivity contribution in [2.45, 2.75) is 58.0 Å². The fourth-order valence-corrected chi connectivity index (χ4v) is 7.18. The van der Waals surface area contributed by atoms with Crippen LogP contribution >= 0.6 is 0 Å². The van der Waals surface area contributed by atoms with E-state index in [9.17, 15) is 24.6 Å². The Kier molecular flexibility index (Phi) is 4.23. The minimum absolute atomic E-state index is 0.0386. The van der Waals surface area contributed by atoms with E-state index in [0.717, 1.165) is 37.5 Å². The fraction of sp³-hybridized carbons (Fsp3) is 0.762. The van der Waals surface area contributed by atoms with Crippen LogP contribution in [-0.4, -0.2) is 40.8 Å². The van der Waals surface area contributed by atoms with Gasteiger partial charge in [0, 0.05) is 17.8 Å². The number of aliphatic hydroxyl groups excluding tert-OH is 2. The molecule has 26 heavy (non-hydrogen) atoms. The number of hydrogen-bond donors (Lipinski definition) is 2. The lowest BCUT2D eigenvalue weighted by Gasteiger charge is -2.59. The van der Waals surface area contributed by atoms with E-state index < -0.39 is 24.0 Å². The number of carbonyl (C=O) groups is 3. The van der Waals surface area contributed by atoms with Crippen molar-refractivity contribution < 1.29 is 24.6 Å². The minimum Gasteiger partial charge on any atom is -0.393 e. The molecule has 0 aliphatic heterocycles. The number of aldehydes is 1. The molecule has 0 spiro atoms. The van der Waals surface area contributed by atoms with Crippen LogP contribution in [0.5, 0.6) is 0 Å². The first-order valence-electron chi connectivity index (χ1n) is 9.89. The van der Waals surface area contributed by atoms with E-state index in [2.05, 4.69) is 6.92 Å². The first-order chi connectivity index (χ1) is 12.4. The molecule has 3 saturated carbocycles. The van der Waals surface area contributed by atoms with Gasteiger partial charge in [0.15, 0.2) is 11.6 Å². The van der Waals surface area contributed by atoms with Crippen LogP contribution in [0.15, 0.2) is 11.6 Å². The maximum Gasteiger partial charge on any atom is 0.162 e. The lowest BCUT2D eigenvalue weighted by molar-refractivity contribution is -0.157. The van der Waals surface area contributed by atoms with Crippen molar-refractivity contribution in [3.8, 4) is 0 Å². The van der Waals surface area contributed by atoms with Crippen LogP contribution in [0.2, 0.25) is 0 Å². The average Bonchev–Trinajstić information content (AvgIpc) is 3.00. The maximum atomic E-state index is 12.3. The van der Waals surface area contributed by atoms with Gasteiger partial charge in [0.25, 0.3) is 0 Å². The Morgan fingerprint density at radius 1 is 1.31 bits per heavy atom. The van der Waals surface area contributed by atoms with Crippen molar-refractivity contribution in [2.24, 2.45) is 34.5 Å². The van der Waals surface area contributed by atoms with Gasteiger partial charge in [0.1, 0.15) is 12.9 Å². The summed E-state index contributed by atoms with van der Waals surface area (Å²) in [6.45, 7) is 1.63. The molecule has 0 unspecified atom stereocenters. The lowest BCUT2D eigenvalue weighted by Crippen LogP contribution is -2.58. The molecule has 4 aliphatic rings. The van der Waals surface area contributed by atoms with Crippen molar-refractivity contribution >= 4 is 17.9 Å². The number of Topliss-reactive ketones (excluding diaryl/α,β-unsaturated/α-hetero) is 1. The largest absolute Gasteiger partial charge is 0.393 e. The first kappa shape index (κ1) is 18.1. The molecule has 5 heteroatoms. The van der Waals surface area contributed by atoms with E-state index in [1.807, 2.05) is 0 Å². The summed E-state index contributed by atoms with van der Waals surface area (Å²) in [5.41, 5.74) is 0.140. The first-order valence-corrected chi connectivity index (χ1v) is 9.89. The smallest absolute Gasteiger partial charge is 0.162 e. The molecule has 5 nitrogen and oxygen atoms in total. The van der Waals surface area contributed by atoms with Crippen molar-refractivity contribution in [2.75, 3.05) is 6.61 Å². The molecule has 4 rings (SSSR count). The van der Waals surface area contributed by atoms with Gasteiger partial charge >= 0.3 is 0 Å². The monoisotopic (exact) mass is 360 g/mol. The molecule has 0 radical (unpaired) electrons. The number of carbonyl (C=O) groups excluding carboxylic acids is 3. The molecule has 0 saturated heterocycles. The highest BCUT2D eigenvalue weighted by Crippen LogP contribution is 2.66. The van der Waals surface area contributed by atoms with Gasteiger partial charge < -0.3 is 15.0 Å². The molecule has 3 fully saturated rings. The molecule has 4 aliphatic carbocycles. The third-order valence-electron chi connectivity index (χ3n) is 8.27. The van der Waals surface area contributed by atoms with Gasteiger partial charge in [-0.25, -0.2) is 0 Å². The van der Waals surface area contributed by atoms with Crippen molar-refractivity contribution in [1.82, 2.24) is 0 Å². The molecule has 0 amide bonds. The van der Waals surface area contributed by atoms with E-state index in [1.165, 1.54) is 0 Å². The molecule has 0 aromatic rings. The van der Waals surface area contributed by atoms with Gasteiger partial charge in [-0.05, 0) is 67.8 Å². The quantitative estimate of drug-likeness (QED) is 0.750. The van der Waals surface area contributed by atoms with Crippen LogP contribution in [0.1, 0.15) is 51.9 Å². The summed E-state index contributed by atoms with van der Waals surface area (Å²) in [5, 5.41) is 20.5. The highest BCUT2D eigenvalue weighted by Gasteiger charge is 2.64. The molecule has 7 atom stereocenters. The van der Waals surface area contributed by atoms with Crippen molar-refractivity contribution in [3.63, 3.8) is 0 Å². The van der Waals surface area contributed by atoms with E-state index in [-0.39, 0.29) is 34.7 Å². The second-order valence-corrected chi connectivity index (χ2v) is 9.14. The molecule has 0 aromatic heterocycles. The minimum atomic E-state index is -0.831. The van der Waals surface area contributed by atoms with Crippen LogP contribution in [0.25, 0.3) is 0 Å². The second-order valence-electron chi connectivity index (χ2n) is 9.14. The predicted octanol–water partition coefficient (Wildman–Crippen LogP) is 1.85. The standard InChI is InChI=1S/C21H28O5/c1-20-7-6-13(24)8-12(20)2-3-14-15-4-5-16(18(26)10-22)21(15,11-23)9-17(25)19(14)20/h8,11,14-17,19,22,25H,2-7,9-10H2,1H3/t14-,15-,16+,17-,19+,20-,21-/m0/s1. The normalized spacial score (nSPS) is 47.4. The van der Waals surface area contributed by atoms with Gasteiger partial charge in [-0.2, -0.15) is 0 Å².